The average molecular weight is 224 g/mol. The SMILES string of the molecule is CC(C)(CCO)Nc1ccc(C(N)=O)nn1. The summed E-state index contributed by atoms with van der Waals surface area (Å²) in [5, 5.41) is 19.5. The number of hydrogen-bond acceptors (Lipinski definition) is 5. The number of carbonyl (C=O) groups is 1. The van der Waals surface area contributed by atoms with Crippen LogP contribution in [0.25, 0.3) is 0 Å². The van der Waals surface area contributed by atoms with E-state index in [1.807, 2.05) is 13.8 Å². The molecule has 0 unspecified atom stereocenters. The summed E-state index contributed by atoms with van der Waals surface area (Å²) in [6.45, 7) is 3.96. The van der Waals surface area contributed by atoms with E-state index in [9.17, 15) is 4.79 Å². The van der Waals surface area contributed by atoms with Gasteiger partial charge < -0.3 is 16.2 Å². The Morgan fingerprint density at radius 2 is 2.19 bits per heavy atom. The number of nitrogens with one attached hydrogen (secondary N) is 1. The molecule has 1 heterocycles. The van der Waals surface area contributed by atoms with Crippen molar-refractivity contribution in [2.45, 2.75) is 25.8 Å². The summed E-state index contributed by atoms with van der Waals surface area (Å²) in [7, 11) is 0. The molecule has 0 bridgehead atoms. The molecule has 0 aliphatic carbocycles. The molecule has 0 fully saturated rings. The molecule has 4 N–H and O–H groups in total. The molecule has 88 valence electrons. The number of anilines is 1. The standard InChI is InChI=1S/C10H16N4O2/c1-10(2,5-6-15)12-8-4-3-7(9(11)16)13-14-8/h3-4,15H,5-6H2,1-2H3,(H2,11,16)(H,12,14). The highest BCUT2D eigenvalue weighted by Gasteiger charge is 2.17. The van der Waals surface area contributed by atoms with E-state index in [0.29, 0.717) is 12.2 Å². The third-order valence-corrected chi connectivity index (χ3v) is 2.12. The van der Waals surface area contributed by atoms with Gasteiger partial charge >= 0.3 is 0 Å². The minimum absolute atomic E-state index is 0.0901. The number of aliphatic hydroxyl groups is 1. The number of rotatable bonds is 5. The molecule has 0 radical (unpaired) electrons. The minimum Gasteiger partial charge on any atom is -0.396 e. The lowest BCUT2D eigenvalue weighted by Gasteiger charge is -2.25. The molecular weight excluding hydrogens is 208 g/mol. The Labute approximate surface area is 93.9 Å². The molecular formula is C10H16N4O2. The first-order valence-electron chi connectivity index (χ1n) is 4.97. The molecule has 0 spiro atoms. The van der Waals surface area contributed by atoms with Crippen LogP contribution in [0.1, 0.15) is 30.8 Å². The zero-order valence-corrected chi connectivity index (χ0v) is 9.40. The number of hydrogen-bond donors (Lipinski definition) is 3. The van der Waals surface area contributed by atoms with E-state index < -0.39 is 5.91 Å². The van der Waals surface area contributed by atoms with Gasteiger partial charge in [-0.2, -0.15) is 0 Å². The predicted molar refractivity (Wildman–Crippen MR) is 60.0 cm³/mol. The quantitative estimate of drug-likeness (QED) is 0.660. The molecule has 0 saturated carbocycles. The number of nitrogens with zero attached hydrogens (tertiary/aromatic N) is 2. The van der Waals surface area contributed by atoms with E-state index in [2.05, 4.69) is 15.5 Å². The summed E-state index contributed by atoms with van der Waals surface area (Å²) >= 11 is 0. The Morgan fingerprint density at radius 1 is 1.50 bits per heavy atom. The van der Waals surface area contributed by atoms with Gasteiger partial charge in [-0.15, -0.1) is 10.2 Å². The normalized spacial score (nSPS) is 11.2. The highest BCUT2D eigenvalue weighted by atomic mass is 16.3. The summed E-state index contributed by atoms with van der Waals surface area (Å²) in [6.07, 6.45) is 0.590. The van der Waals surface area contributed by atoms with E-state index in [0.717, 1.165) is 0 Å². The van der Waals surface area contributed by atoms with Crippen LogP contribution < -0.4 is 11.1 Å². The Hall–Kier alpha value is -1.69. The number of carbonyl (C=O) groups excluding carboxylic acids is 1. The van der Waals surface area contributed by atoms with E-state index in [-0.39, 0.29) is 17.8 Å². The molecule has 6 heteroatoms. The number of amides is 1. The molecule has 0 aliphatic heterocycles. The van der Waals surface area contributed by atoms with Crippen molar-refractivity contribution < 1.29 is 9.90 Å². The lowest BCUT2D eigenvalue weighted by atomic mass is 10.0. The van der Waals surface area contributed by atoms with Crippen LogP contribution >= 0.6 is 0 Å². The van der Waals surface area contributed by atoms with Crippen LogP contribution in [0.5, 0.6) is 0 Å². The highest BCUT2D eigenvalue weighted by molar-refractivity contribution is 5.90. The van der Waals surface area contributed by atoms with Crippen molar-refractivity contribution in [1.29, 1.82) is 0 Å². The maximum absolute atomic E-state index is 10.8. The maximum Gasteiger partial charge on any atom is 0.269 e. The van der Waals surface area contributed by atoms with Crippen LogP contribution in [0.2, 0.25) is 0 Å². The summed E-state index contributed by atoms with van der Waals surface area (Å²) in [6, 6.07) is 3.14. The van der Waals surface area contributed by atoms with Gasteiger partial charge in [-0.3, -0.25) is 4.79 Å². The van der Waals surface area contributed by atoms with Crippen molar-refractivity contribution in [3.8, 4) is 0 Å². The van der Waals surface area contributed by atoms with Gasteiger partial charge in [-0.1, -0.05) is 0 Å². The second-order valence-corrected chi connectivity index (χ2v) is 4.15. The first kappa shape index (κ1) is 12.4. The van der Waals surface area contributed by atoms with Gasteiger partial charge in [-0.05, 0) is 32.4 Å². The second kappa shape index (κ2) is 4.89. The first-order chi connectivity index (χ1) is 7.44. The van der Waals surface area contributed by atoms with E-state index in [1.54, 1.807) is 6.07 Å². The number of nitrogens with two attached hydrogens (primary N) is 1. The van der Waals surface area contributed by atoms with Crippen molar-refractivity contribution >= 4 is 11.7 Å². The molecule has 1 rings (SSSR count). The van der Waals surface area contributed by atoms with Gasteiger partial charge in [0, 0.05) is 12.1 Å². The van der Waals surface area contributed by atoms with Gasteiger partial charge in [0.05, 0.1) is 0 Å². The Morgan fingerprint density at radius 3 is 2.62 bits per heavy atom. The third-order valence-electron chi connectivity index (χ3n) is 2.12. The molecule has 6 nitrogen and oxygen atoms in total. The smallest absolute Gasteiger partial charge is 0.269 e. The van der Waals surface area contributed by atoms with Crippen molar-refractivity contribution in [3.63, 3.8) is 0 Å². The van der Waals surface area contributed by atoms with Crippen LogP contribution in [0.3, 0.4) is 0 Å². The Balaban J connectivity index is 2.72. The fourth-order valence-electron chi connectivity index (χ4n) is 1.22. The molecule has 1 amide bonds. The number of aromatic nitrogens is 2. The summed E-state index contributed by atoms with van der Waals surface area (Å²) in [5.41, 5.74) is 4.89. The second-order valence-electron chi connectivity index (χ2n) is 4.15. The number of primary amides is 1. The monoisotopic (exact) mass is 224 g/mol. The molecule has 16 heavy (non-hydrogen) atoms. The topological polar surface area (TPSA) is 101 Å². The zero-order chi connectivity index (χ0) is 12.2. The fraction of sp³-hybridized carbons (Fsp3) is 0.500. The van der Waals surface area contributed by atoms with Crippen LogP contribution in [0.4, 0.5) is 5.82 Å². The lowest BCUT2D eigenvalue weighted by molar-refractivity contribution is 0.0994. The van der Waals surface area contributed by atoms with Gasteiger partial charge in [0.1, 0.15) is 5.82 Å². The highest BCUT2D eigenvalue weighted by Crippen LogP contribution is 2.15. The van der Waals surface area contributed by atoms with Crippen LogP contribution in [-0.4, -0.2) is 33.4 Å². The van der Waals surface area contributed by atoms with Gasteiger partial charge in [-0.25, -0.2) is 0 Å². The first-order valence-corrected chi connectivity index (χ1v) is 4.97. The Kier molecular flexibility index (Phi) is 3.78. The molecule has 0 aromatic carbocycles. The summed E-state index contributed by atoms with van der Waals surface area (Å²) < 4.78 is 0. The summed E-state index contributed by atoms with van der Waals surface area (Å²) in [4.78, 5) is 10.8. The maximum atomic E-state index is 10.8. The fourth-order valence-corrected chi connectivity index (χ4v) is 1.22. The van der Waals surface area contributed by atoms with Gasteiger partial charge in [0.2, 0.25) is 0 Å². The molecule has 0 atom stereocenters. The Bertz CT molecular complexity index is 362. The van der Waals surface area contributed by atoms with Crippen LogP contribution in [0.15, 0.2) is 12.1 Å². The van der Waals surface area contributed by atoms with Crippen molar-refractivity contribution in [3.05, 3.63) is 17.8 Å². The van der Waals surface area contributed by atoms with Crippen LogP contribution in [-0.2, 0) is 0 Å². The molecule has 0 aliphatic rings. The lowest BCUT2D eigenvalue weighted by Crippen LogP contribution is -2.32. The largest absolute Gasteiger partial charge is 0.396 e. The summed E-state index contributed by atoms with van der Waals surface area (Å²) in [5.74, 6) is -0.0582. The van der Waals surface area contributed by atoms with E-state index in [1.165, 1.54) is 6.07 Å². The van der Waals surface area contributed by atoms with Crippen molar-refractivity contribution in [1.82, 2.24) is 10.2 Å². The van der Waals surface area contributed by atoms with Crippen molar-refractivity contribution in [2.24, 2.45) is 5.73 Å². The minimum atomic E-state index is -0.603. The predicted octanol–water partition coefficient (Wildman–Crippen LogP) is 0.148. The van der Waals surface area contributed by atoms with Gasteiger partial charge in [0.15, 0.2) is 5.69 Å². The molecule has 0 saturated heterocycles. The van der Waals surface area contributed by atoms with E-state index >= 15 is 0 Å². The van der Waals surface area contributed by atoms with Crippen LogP contribution in [0, 0.1) is 0 Å². The zero-order valence-electron chi connectivity index (χ0n) is 9.40. The van der Waals surface area contributed by atoms with Crippen molar-refractivity contribution in [2.75, 3.05) is 11.9 Å². The van der Waals surface area contributed by atoms with Gasteiger partial charge in [0.25, 0.3) is 5.91 Å². The number of aliphatic hydroxyl groups excluding tert-OH is 1. The average Bonchev–Trinajstić information content (AvgIpc) is 2.17. The van der Waals surface area contributed by atoms with E-state index in [4.69, 9.17) is 10.8 Å². The third kappa shape index (κ3) is 3.47. The molecule has 1 aromatic rings. The molecule has 1 aromatic heterocycles.